The van der Waals surface area contributed by atoms with Gasteiger partial charge in [0, 0.05) is 11.9 Å². The Morgan fingerprint density at radius 1 is 1.24 bits per heavy atom. The highest BCUT2D eigenvalue weighted by atomic mass is 79.9. The maximum absolute atomic E-state index is 13.1. The lowest BCUT2D eigenvalue weighted by Crippen LogP contribution is -2.18. The maximum Gasteiger partial charge on any atom is 0.274 e. The molecule has 0 radical (unpaired) electrons. The second-order valence-corrected chi connectivity index (χ2v) is 7.09. The molecule has 130 valence electrons. The Morgan fingerprint density at radius 3 is 2.68 bits per heavy atom. The van der Waals surface area contributed by atoms with E-state index in [-0.39, 0.29) is 5.91 Å². The second-order valence-electron chi connectivity index (χ2n) is 6.24. The molecule has 0 bridgehead atoms. The van der Waals surface area contributed by atoms with Gasteiger partial charge in [-0.3, -0.25) is 9.20 Å². The maximum atomic E-state index is 13.1. The SMILES string of the molecule is CCc1cccc(C)c1NC(=O)c1c(CC)nc2c(Br)cc(C)cn12. The number of carbonyl (C=O) groups excluding carboxylic acids is 1. The minimum absolute atomic E-state index is 0.120. The van der Waals surface area contributed by atoms with E-state index in [1.165, 1.54) is 0 Å². The number of hydrogen-bond acceptors (Lipinski definition) is 2. The largest absolute Gasteiger partial charge is 0.320 e. The highest BCUT2D eigenvalue weighted by Gasteiger charge is 2.21. The highest BCUT2D eigenvalue weighted by Crippen LogP contribution is 2.26. The minimum Gasteiger partial charge on any atom is -0.320 e. The van der Waals surface area contributed by atoms with E-state index in [0.29, 0.717) is 12.1 Å². The van der Waals surface area contributed by atoms with Gasteiger partial charge in [0.15, 0.2) is 5.65 Å². The smallest absolute Gasteiger partial charge is 0.274 e. The first-order valence-corrected chi connectivity index (χ1v) is 9.32. The van der Waals surface area contributed by atoms with Crippen molar-refractivity contribution in [3.8, 4) is 0 Å². The number of anilines is 1. The van der Waals surface area contributed by atoms with Crippen molar-refractivity contribution in [2.24, 2.45) is 0 Å². The van der Waals surface area contributed by atoms with Gasteiger partial charge in [-0.2, -0.15) is 0 Å². The summed E-state index contributed by atoms with van der Waals surface area (Å²) in [5, 5.41) is 3.12. The Morgan fingerprint density at radius 2 is 2.00 bits per heavy atom. The van der Waals surface area contributed by atoms with E-state index in [0.717, 1.165) is 44.6 Å². The molecule has 0 atom stereocenters. The summed E-state index contributed by atoms with van der Waals surface area (Å²) in [6, 6.07) is 8.11. The molecule has 4 nitrogen and oxygen atoms in total. The van der Waals surface area contributed by atoms with Crippen molar-refractivity contribution in [3.63, 3.8) is 0 Å². The molecule has 0 unspecified atom stereocenters. The Hall–Kier alpha value is -2.14. The molecule has 2 aromatic heterocycles. The van der Waals surface area contributed by atoms with Gasteiger partial charge in [0.1, 0.15) is 5.69 Å². The summed E-state index contributed by atoms with van der Waals surface area (Å²) in [6.07, 6.45) is 3.53. The number of amides is 1. The van der Waals surface area contributed by atoms with Crippen LogP contribution in [0.2, 0.25) is 0 Å². The van der Waals surface area contributed by atoms with Gasteiger partial charge >= 0.3 is 0 Å². The molecule has 3 aromatic rings. The van der Waals surface area contributed by atoms with Gasteiger partial charge in [0.25, 0.3) is 5.91 Å². The molecule has 0 spiro atoms. The van der Waals surface area contributed by atoms with Crippen molar-refractivity contribution in [1.29, 1.82) is 0 Å². The van der Waals surface area contributed by atoms with E-state index in [1.54, 1.807) is 0 Å². The van der Waals surface area contributed by atoms with Gasteiger partial charge in [0.2, 0.25) is 0 Å². The molecule has 0 aliphatic rings. The molecule has 5 heteroatoms. The van der Waals surface area contributed by atoms with E-state index in [1.807, 2.05) is 49.6 Å². The first-order valence-electron chi connectivity index (χ1n) is 8.53. The molecule has 1 aromatic carbocycles. The van der Waals surface area contributed by atoms with E-state index in [4.69, 9.17) is 0 Å². The lowest BCUT2D eigenvalue weighted by Gasteiger charge is -2.13. The number of fused-ring (bicyclic) bond motifs is 1. The van der Waals surface area contributed by atoms with Gasteiger partial charge in [-0.15, -0.1) is 0 Å². The Balaban J connectivity index is 2.12. The van der Waals surface area contributed by atoms with E-state index < -0.39 is 0 Å². The number of pyridine rings is 1. The summed E-state index contributed by atoms with van der Waals surface area (Å²) < 4.78 is 2.78. The monoisotopic (exact) mass is 399 g/mol. The van der Waals surface area contributed by atoms with Gasteiger partial charge in [-0.05, 0) is 65.4 Å². The number of carbonyl (C=O) groups is 1. The number of halogens is 1. The van der Waals surface area contributed by atoms with Crippen molar-refractivity contribution in [1.82, 2.24) is 9.38 Å². The van der Waals surface area contributed by atoms with Crippen LogP contribution in [0, 0.1) is 13.8 Å². The summed E-state index contributed by atoms with van der Waals surface area (Å²) in [6.45, 7) is 8.14. The molecule has 0 saturated heterocycles. The van der Waals surface area contributed by atoms with Crippen LogP contribution in [0.5, 0.6) is 0 Å². The highest BCUT2D eigenvalue weighted by molar-refractivity contribution is 9.10. The number of rotatable bonds is 4. The Bertz CT molecular complexity index is 959. The lowest BCUT2D eigenvalue weighted by atomic mass is 10.1. The zero-order valence-corrected chi connectivity index (χ0v) is 16.6. The lowest BCUT2D eigenvalue weighted by molar-refractivity contribution is 0.102. The van der Waals surface area contributed by atoms with Gasteiger partial charge < -0.3 is 5.32 Å². The van der Waals surface area contributed by atoms with Crippen molar-refractivity contribution in [3.05, 3.63) is 63.0 Å². The summed E-state index contributed by atoms with van der Waals surface area (Å²) in [5.74, 6) is -0.120. The third kappa shape index (κ3) is 3.21. The van der Waals surface area contributed by atoms with E-state index >= 15 is 0 Å². The van der Waals surface area contributed by atoms with Crippen LogP contribution in [-0.4, -0.2) is 15.3 Å². The fourth-order valence-corrected chi connectivity index (χ4v) is 3.78. The zero-order chi connectivity index (χ0) is 18.1. The van der Waals surface area contributed by atoms with Crippen LogP contribution in [0.4, 0.5) is 5.69 Å². The predicted octanol–water partition coefficient (Wildman–Crippen LogP) is 5.09. The average Bonchev–Trinajstić information content (AvgIpc) is 2.95. The van der Waals surface area contributed by atoms with Crippen molar-refractivity contribution in [2.45, 2.75) is 40.5 Å². The van der Waals surface area contributed by atoms with Crippen molar-refractivity contribution >= 4 is 33.2 Å². The number of hydrogen-bond donors (Lipinski definition) is 1. The summed E-state index contributed by atoms with van der Waals surface area (Å²) in [4.78, 5) is 17.8. The van der Waals surface area contributed by atoms with E-state index in [9.17, 15) is 4.79 Å². The van der Waals surface area contributed by atoms with Crippen molar-refractivity contribution in [2.75, 3.05) is 5.32 Å². The molecule has 2 heterocycles. The normalized spacial score (nSPS) is 11.1. The van der Waals surface area contributed by atoms with Gasteiger partial charge in [-0.1, -0.05) is 32.0 Å². The number of aryl methyl sites for hydroxylation is 4. The number of benzene rings is 1. The third-order valence-electron chi connectivity index (χ3n) is 4.41. The number of imidazole rings is 1. The average molecular weight is 400 g/mol. The van der Waals surface area contributed by atoms with Crippen LogP contribution in [0.1, 0.15) is 46.7 Å². The molecule has 25 heavy (non-hydrogen) atoms. The predicted molar refractivity (Wildman–Crippen MR) is 106 cm³/mol. The number of para-hydroxylation sites is 1. The molecular formula is C20H22BrN3O. The molecule has 0 fully saturated rings. The number of nitrogens with zero attached hydrogens (tertiary/aromatic N) is 2. The summed E-state index contributed by atoms with van der Waals surface area (Å²) in [5.41, 5.74) is 6.35. The van der Waals surface area contributed by atoms with Gasteiger partial charge in [0.05, 0.1) is 10.2 Å². The van der Waals surface area contributed by atoms with E-state index in [2.05, 4.69) is 39.2 Å². The standard InChI is InChI=1S/C20H22BrN3O/c1-5-14-9-7-8-13(4)17(14)23-20(25)18-16(6-2)22-19-15(21)10-12(3)11-24(18)19/h7-11H,5-6H2,1-4H3,(H,23,25). The number of aromatic nitrogens is 2. The molecule has 0 aliphatic heterocycles. The number of nitrogens with one attached hydrogen (secondary N) is 1. The summed E-state index contributed by atoms with van der Waals surface area (Å²) >= 11 is 3.56. The van der Waals surface area contributed by atoms with Crippen molar-refractivity contribution < 1.29 is 4.79 Å². The fourth-order valence-electron chi connectivity index (χ4n) is 3.14. The topological polar surface area (TPSA) is 46.4 Å². The molecule has 3 rings (SSSR count). The van der Waals surface area contributed by atoms with Crippen LogP contribution in [-0.2, 0) is 12.8 Å². The summed E-state index contributed by atoms with van der Waals surface area (Å²) in [7, 11) is 0. The van der Waals surface area contributed by atoms with Crippen LogP contribution in [0.15, 0.2) is 34.9 Å². The zero-order valence-electron chi connectivity index (χ0n) is 15.0. The molecule has 0 aliphatic carbocycles. The molecule has 0 saturated carbocycles. The van der Waals surface area contributed by atoms with Crippen LogP contribution >= 0.6 is 15.9 Å². The van der Waals surface area contributed by atoms with Crippen LogP contribution in [0.3, 0.4) is 0 Å². The van der Waals surface area contributed by atoms with Crippen LogP contribution < -0.4 is 5.32 Å². The fraction of sp³-hybridized carbons (Fsp3) is 0.300. The molecule has 1 amide bonds. The van der Waals surface area contributed by atoms with Crippen LogP contribution in [0.25, 0.3) is 5.65 Å². The first-order chi connectivity index (χ1) is 12.0. The minimum atomic E-state index is -0.120. The quantitative estimate of drug-likeness (QED) is 0.663. The third-order valence-corrected chi connectivity index (χ3v) is 5.00. The second kappa shape index (κ2) is 7.00. The first kappa shape index (κ1) is 17.7. The van der Waals surface area contributed by atoms with Gasteiger partial charge in [-0.25, -0.2) is 4.98 Å². The molecule has 1 N–H and O–H groups in total. The Kier molecular flexibility index (Phi) is 4.95. The Labute approximate surface area is 156 Å². The molecular weight excluding hydrogens is 378 g/mol.